The third-order valence-electron chi connectivity index (χ3n) is 4.60. The van der Waals surface area contributed by atoms with E-state index < -0.39 is 0 Å². The Morgan fingerprint density at radius 3 is 2.84 bits per heavy atom. The Morgan fingerprint density at radius 2 is 2.11 bits per heavy atom. The second-order valence-corrected chi connectivity index (χ2v) is 6.03. The molecule has 0 unspecified atom stereocenters. The maximum Gasteiger partial charge on any atom is 0.154 e. The molecule has 5 heteroatoms. The van der Waals surface area contributed by atoms with E-state index in [1.807, 2.05) is 6.92 Å². The first-order chi connectivity index (χ1) is 9.19. The molecule has 2 aliphatic heterocycles. The van der Waals surface area contributed by atoms with Crippen LogP contribution in [-0.4, -0.2) is 47.3 Å². The van der Waals surface area contributed by atoms with Gasteiger partial charge in [-0.25, -0.2) is 0 Å². The van der Waals surface area contributed by atoms with E-state index in [9.17, 15) is 0 Å². The number of piperidine rings is 1. The van der Waals surface area contributed by atoms with E-state index >= 15 is 0 Å². The molecule has 0 spiro atoms. The summed E-state index contributed by atoms with van der Waals surface area (Å²) in [5.74, 6) is 1.81. The van der Waals surface area contributed by atoms with E-state index in [0.29, 0.717) is 11.2 Å². The summed E-state index contributed by atoms with van der Waals surface area (Å²) in [4.78, 5) is 4.97. The van der Waals surface area contributed by atoms with Crippen molar-refractivity contribution >= 4 is 17.4 Å². The first-order valence-corrected chi connectivity index (χ1v) is 7.55. The Balaban J connectivity index is 1.82. The molecular formula is C14H21ClN4. The monoisotopic (exact) mass is 280 g/mol. The molecule has 4 nitrogen and oxygen atoms in total. The lowest BCUT2D eigenvalue weighted by Gasteiger charge is -2.38. The average Bonchev–Trinajstić information content (AvgIpc) is 2.84. The molecule has 3 rings (SSSR count). The van der Waals surface area contributed by atoms with Crippen LogP contribution in [0.3, 0.4) is 0 Å². The summed E-state index contributed by atoms with van der Waals surface area (Å²) in [6.45, 7) is 8.88. The Hall–Kier alpha value is -0.870. The first kappa shape index (κ1) is 13.1. The van der Waals surface area contributed by atoms with Crippen LogP contribution >= 0.6 is 11.6 Å². The number of aromatic nitrogens is 2. The molecule has 0 amide bonds. The molecule has 0 saturated carbocycles. The quantitative estimate of drug-likeness (QED) is 0.832. The normalized spacial score (nSPS) is 27.6. The first-order valence-electron chi connectivity index (χ1n) is 7.18. The Morgan fingerprint density at radius 1 is 1.32 bits per heavy atom. The fourth-order valence-electron chi connectivity index (χ4n) is 3.37. The molecular weight excluding hydrogens is 260 g/mol. The van der Waals surface area contributed by atoms with E-state index in [2.05, 4.69) is 33.0 Å². The van der Waals surface area contributed by atoms with E-state index in [0.717, 1.165) is 36.9 Å². The zero-order valence-electron chi connectivity index (χ0n) is 11.6. The van der Waals surface area contributed by atoms with Crippen LogP contribution in [0.4, 0.5) is 5.82 Å². The topological polar surface area (TPSA) is 32.3 Å². The van der Waals surface area contributed by atoms with Crippen LogP contribution in [0.15, 0.2) is 6.07 Å². The maximum absolute atomic E-state index is 5.97. The predicted octanol–water partition coefficient (Wildman–Crippen LogP) is 2.36. The van der Waals surface area contributed by atoms with Gasteiger partial charge in [-0.1, -0.05) is 18.5 Å². The van der Waals surface area contributed by atoms with Gasteiger partial charge >= 0.3 is 0 Å². The molecule has 0 aliphatic carbocycles. The van der Waals surface area contributed by atoms with Crippen molar-refractivity contribution in [3.63, 3.8) is 0 Å². The highest BCUT2D eigenvalue weighted by molar-refractivity contribution is 6.30. The minimum Gasteiger partial charge on any atom is -0.351 e. The van der Waals surface area contributed by atoms with Crippen LogP contribution in [0.2, 0.25) is 5.15 Å². The van der Waals surface area contributed by atoms with E-state index in [4.69, 9.17) is 11.6 Å². The number of aryl methyl sites for hydroxylation is 1. The number of hydrogen-bond acceptors (Lipinski definition) is 4. The highest BCUT2D eigenvalue weighted by Crippen LogP contribution is 2.34. The summed E-state index contributed by atoms with van der Waals surface area (Å²) in [5, 5.41) is 8.86. The van der Waals surface area contributed by atoms with Crippen molar-refractivity contribution < 1.29 is 0 Å². The average molecular weight is 281 g/mol. The molecule has 0 aromatic carbocycles. The zero-order valence-corrected chi connectivity index (χ0v) is 12.4. The van der Waals surface area contributed by atoms with Gasteiger partial charge in [-0.3, -0.25) is 0 Å². The van der Waals surface area contributed by atoms with Gasteiger partial charge in [-0.15, -0.1) is 10.2 Å². The molecule has 0 bridgehead atoms. The number of hydrogen-bond donors (Lipinski definition) is 0. The number of fused-ring (bicyclic) bond motifs is 1. The fourth-order valence-corrected chi connectivity index (χ4v) is 3.47. The van der Waals surface area contributed by atoms with Gasteiger partial charge in [0.05, 0.1) is 0 Å². The van der Waals surface area contributed by atoms with Crippen molar-refractivity contribution in [2.24, 2.45) is 5.92 Å². The Kier molecular flexibility index (Phi) is 3.63. The predicted molar refractivity (Wildman–Crippen MR) is 77.8 cm³/mol. The van der Waals surface area contributed by atoms with Crippen molar-refractivity contribution in [2.45, 2.75) is 32.7 Å². The highest BCUT2D eigenvalue weighted by atomic mass is 35.5. The third kappa shape index (κ3) is 2.43. The van der Waals surface area contributed by atoms with Crippen LogP contribution in [-0.2, 0) is 0 Å². The summed E-state index contributed by atoms with van der Waals surface area (Å²) < 4.78 is 0. The molecule has 1 aromatic heterocycles. The van der Waals surface area contributed by atoms with Gasteiger partial charge < -0.3 is 9.80 Å². The highest BCUT2D eigenvalue weighted by Gasteiger charge is 2.38. The second kappa shape index (κ2) is 5.25. The van der Waals surface area contributed by atoms with Crippen molar-refractivity contribution in [1.29, 1.82) is 0 Å². The van der Waals surface area contributed by atoms with E-state index in [-0.39, 0.29) is 0 Å². The molecule has 2 atom stereocenters. The third-order valence-corrected chi connectivity index (χ3v) is 4.97. The van der Waals surface area contributed by atoms with Gasteiger partial charge in [-0.05, 0) is 50.4 Å². The number of likely N-dealkylation sites (N-methyl/N-ethyl adjacent to an activating group) is 1. The largest absolute Gasteiger partial charge is 0.351 e. The van der Waals surface area contributed by atoms with Crippen molar-refractivity contribution in [2.75, 3.05) is 31.1 Å². The summed E-state index contributed by atoms with van der Waals surface area (Å²) >= 11 is 5.97. The van der Waals surface area contributed by atoms with Crippen LogP contribution in [0.25, 0.3) is 0 Å². The van der Waals surface area contributed by atoms with Gasteiger partial charge in [0.1, 0.15) is 0 Å². The summed E-state index contributed by atoms with van der Waals surface area (Å²) in [6.07, 6.45) is 2.60. The number of rotatable bonds is 2. The maximum atomic E-state index is 5.97. The summed E-state index contributed by atoms with van der Waals surface area (Å²) in [6, 6.07) is 2.67. The molecule has 2 aliphatic rings. The molecule has 2 fully saturated rings. The lowest BCUT2D eigenvalue weighted by Crippen LogP contribution is -2.48. The lowest BCUT2D eigenvalue weighted by atomic mass is 9.92. The summed E-state index contributed by atoms with van der Waals surface area (Å²) in [7, 11) is 0. The number of likely N-dealkylation sites (tertiary alicyclic amines) is 1. The molecule has 0 N–H and O–H groups in total. The zero-order chi connectivity index (χ0) is 13.4. The Bertz CT molecular complexity index is 465. The van der Waals surface area contributed by atoms with Crippen LogP contribution < -0.4 is 4.90 Å². The molecule has 1 aromatic rings. The van der Waals surface area contributed by atoms with E-state index in [1.165, 1.54) is 19.4 Å². The van der Waals surface area contributed by atoms with Crippen molar-refractivity contribution in [3.8, 4) is 0 Å². The SMILES string of the molecule is CCN1CC[C@H]2CCN(c3cc(C)c(Cl)nn3)[C@H]2C1. The smallest absolute Gasteiger partial charge is 0.154 e. The molecule has 3 heterocycles. The number of anilines is 1. The van der Waals surface area contributed by atoms with Crippen LogP contribution in [0, 0.1) is 12.8 Å². The number of nitrogens with zero attached hydrogens (tertiary/aromatic N) is 4. The van der Waals surface area contributed by atoms with Gasteiger partial charge in [0.2, 0.25) is 0 Å². The minimum absolute atomic E-state index is 0.512. The van der Waals surface area contributed by atoms with Gasteiger partial charge in [0, 0.05) is 19.1 Å². The summed E-state index contributed by atoms with van der Waals surface area (Å²) in [5.41, 5.74) is 1.01. The van der Waals surface area contributed by atoms with Gasteiger partial charge in [0.15, 0.2) is 11.0 Å². The van der Waals surface area contributed by atoms with Crippen molar-refractivity contribution in [3.05, 3.63) is 16.8 Å². The van der Waals surface area contributed by atoms with Gasteiger partial charge in [-0.2, -0.15) is 0 Å². The van der Waals surface area contributed by atoms with Gasteiger partial charge in [0.25, 0.3) is 0 Å². The molecule has 0 radical (unpaired) electrons. The lowest BCUT2D eigenvalue weighted by molar-refractivity contribution is 0.182. The van der Waals surface area contributed by atoms with E-state index in [1.54, 1.807) is 0 Å². The molecule has 104 valence electrons. The van der Waals surface area contributed by atoms with Crippen LogP contribution in [0.5, 0.6) is 0 Å². The van der Waals surface area contributed by atoms with Crippen LogP contribution in [0.1, 0.15) is 25.3 Å². The van der Waals surface area contributed by atoms with Crippen molar-refractivity contribution in [1.82, 2.24) is 15.1 Å². The standard InChI is InChI=1S/C14H21ClN4/c1-3-18-6-4-11-5-7-19(12(11)9-18)13-8-10(2)14(15)17-16-13/h8,11-12H,3-7,9H2,1-2H3/t11-,12-/m0/s1. The minimum atomic E-state index is 0.512. The fraction of sp³-hybridized carbons (Fsp3) is 0.714. The Labute approximate surface area is 119 Å². The second-order valence-electron chi connectivity index (χ2n) is 5.67. The molecule has 2 saturated heterocycles. The molecule has 19 heavy (non-hydrogen) atoms. The number of halogens is 1.